The van der Waals surface area contributed by atoms with Crippen molar-refractivity contribution < 1.29 is 28.7 Å². The van der Waals surface area contributed by atoms with Crippen LogP contribution >= 0.6 is 0 Å². The highest BCUT2D eigenvalue weighted by atomic mass is 16.6. The van der Waals surface area contributed by atoms with Gasteiger partial charge in [-0.25, -0.2) is 4.79 Å². The number of aromatic nitrogens is 1. The molecule has 1 amide bonds. The van der Waals surface area contributed by atoms with Gasteiger partial charge >= 0.3 is 17.4 Å². The zero-order valence-corrected chi connectivity index (χ0v) is 13.9. The van der Waals surface area contributed by atoms with Crippen molar-refractivity contribution in [2.45, 2.75) is 6.92 Å². The number of methoxy groups -OCH3 is 1. The molecule has 0 unspecified atom stereocenters. The van der Waals surface area contributed by atoms with Crippen LogP contribution in [0.3, 0.4) is 0 Å². The first-order chi connectivity index (χ1) is 12.3. The first-order valence-electron chi connectivity index (χ1n) is 7.31. The van der Waals surface area contributed by atoms with Crippen LogP contribution in [0.5, 0.6) is 5.75 Å². The van der Waals surface area contributed by atoms with Crippen LogP contribution < -0.4 is 14.8 Å². The van der Waals surface area contributed by atoms with Crippen LogP contribution in [-0.2, 0) is 9.53 Å². The van der Waals surface area contributed by atoms with Crippen LogP contribution in [-0.4, -0.2) is 30.5 Å². The average molecular weight is 361 g/mol. The number of nitro benzene ring substituents is 1. The summed E-state index contributed by atoms with van der Waals surface area (Å²) >= 11 is 0. The number of benzene rings is 1. The normalized spacial score (nSPS) is 10.1. The summed E-state index contributed by atoms with van der Waals surface area (Å²) in [4.78, 5) is 34.1. The van der Waals surface area contributed by atoms with Crippen molar-refractivity contribution in [3.05, 3.63) is 63.1 Å². The topological polar surface area (TPSA) is 135 Å². The number of ether oxygens (including phenoxy) is 2. The van der Waals surface area contributed by atoms with E-state index in [-0.39, 0.29) is 22.8 Å². The second-order valence-corrected chi connectivity index (χ2v) is 5.13. The predicted molar refractivity (Wildman–Crippen MR) is 88.7 cm³/mol. The number of carbonyl (C=O) groups excluding carboxylic acids is 2. The van der Waals surface area contributed by atoms with Crippen LogP contribution in [0.15, 0.2) is 36.5 Å². The number of hydrogen-bond acceptors (Lipinski definition) is 7. The van der Waals surface area contributed by atoms with Gasteiger partial charge in [0.15, 0.2) is 18.6 Å². The first-order valence-corrected chi connectivity index (χ1v) is 7.31. The third-order valence-corrected chi connectivity index (χ3v) is 3.36. The van der Waals surface area contributed by atoms with Crippen molar-refractivity contribution in [2.24, 2.45) is 0 Å². The maximum absolute atomic E-state index is 12.0. The fraction of sp³-hybridized carbons (Fsp3) is 0.188. The molecule has 0 fully saturated rings. The molecule has 1 N–H and O–H groups in total. The number of nitrogens with zero attached hydrogens (tertiary/aromatic N) is 2. The largest absolute Gasteiger partial charge is 0.618 e. The van der Waals surface area contributed by atoms with Gasteiger partial charge in [0.05, 0.1) is 12.0 Å². The zero-order chi connectivity index (χ0) is 19.3. The maximum Gasteiger partial charge on any atom is 0.405 e. The Morgan fingerprint density at radius 2 is 2.04 bits per heavy atom. The molecule has 0 aliphatic carbocycles. The molecular weight excluding hydrogens is 346 g/mol. The molecule has 10 nitrogen and oxygen atoms in total. The summed E-state index contributed by atoms with van der Waals surface area (Å²) in [6, 6.07) is 6.75. The molecule has 0 spiro atoms. The van der Waals surface area contributed by atoms with E-state index >= 15 is 0 Å². The van der Waals surface area contributed by atoms with Gasteiger partial charge in [0, 0.05) is 30.0 Å². The number of anilines is 1. The van der Waals surface area contributed by atoms with E-state index in [0.29, 0.717) is 10.3 Å². The molecule has 10 heteroatoms. The van der Waals surface area contributed by atoms with E-state index in [2.05, 4.69) is 5.32 Å². The Hall–Kier alpha value is -3.69. The van der Waals surface area contributed by atoms with E-state index in [1.54, 1.807) is 6.92 Å². The highest BCUT2D eigenvalue weighted by Crippen LogP contribution is 2.32. The smallest absolute Gasteiger partial charge is 0.405 e. The number of pyridine rings is 1. The minimum absolute atomic E-state index is 0.0235. The number of hydrogen-bond donors (Lipinski definition) is 1. The summed E-state index contributed by atoms with van der Waals surface area (Å²) < 4.78 is 10.1. The monoisotopic (exact) mass is 361 g/mol. The van der Waals surface area contributed by atoms with E-state index < -0.39 is 23.4 Å². The molecule has 0 aliphatic heterocycles. The van der Waals surface area contributed by atoms with E-state index in [4.69, 9.17) is 9.47 Å². The molecule has 1 heterocycles. The van der Waals surface area contributed by atoms with Crippen LogP contribution in [0, 0.1) is 22.2 Å². The van der Waals surface area contributed by atoms with Gasteiger partial charge in [-0.15, -0.1) is 0 Å². The Balaban J connectivity index is 2.05. The van der Waals surface area contributed by atoms with Crippen molar-refractivity contribution >= 4 is 23.3 Å². The van der Waals surface area contributed by atoms with Gasteiger partial charge in [-0.05, 0) is 18.6 Å². The number of nitrogens with one attached hydrogen (secondary N) is 1. The number of nitro groups is 1. The molecule has 1 aromatic carbocycles. The number of esters is 1. The van der Waals surface area contributed by atoms with Crippen molar-refractivity contribution in [1.29, 1.82) is 0 Å². The van der Waals surface area contributed by atoms with Crippen LogP contribution in [0.2, 0.25) is 0 Å². The highest BCUT2D eigenvalue weighted by Gasteiger charge is 2.20. The predicted octanol–water partition coefficient (Wildman–Crippen LogP) is 1.34. The van der Waals surface area contributed by atoms with Gasteiger partial charge in [0.2, 0.25) is 0 Å². The molecule has 0 atom stereocenters. The fourth-order valence-corrected chi connectivity index (χ4v) is 2.09. The minimum Gasteiger partial charge on any atom is -0.618 e. The Labute approximate surface area is 147 Å². The lowest BCUT2D eigenvalue weighted by Crippen LogP contribution is -2.35. The fourth-order valence-electron chi connectivity index (χ4n) is 2.09. The maximum atomic E-state index is 12.0. The standard InChI is InChI=1S/C16H15N3O7/c1-10-7-13(19(23)24)14(25-2)8-11(10)17-15(20)9-26-16(21)12-5-3-4-6-18(12)22/h3-8H,9H2,1-2H3,(H,17,20). The van der Waals surface area contributed by atoms with Gasteiger partial charge in [0.1, 0.15) is 0 Å². The molecule has 0 aliphatic rings. The summed E-state index contributed by atoms with van der Waals surface area (Å²) in [5.41, 5.74) is 0.205. The second-order valence-electron chi connectivity index (χ2n) is 5.13. The second kappa shape index (κ2) is 7.92. The molecule has 26 heavy (non-hydrogen) atoms. The first kappa shape index (κ1) is 18.6. The van der Waals surface area contributed by atoms with Gasteiger partial charge in [0.25, 0.3) is 5.91 Å². The van der Waals surface area contributed by atoms with Crippen LogP contribution in [0.4, 0.5) is 11.4 Å². The summed E-state index contributed by atoms with van der Waals surface area (Å²) in [5.74, 6) is -1.65. The number of aryl methyl sites for hydroxylation is 1. The van der Waals surface area contributed by atoms with Crippen molar-refractivity contribution in [3.63, 3.8) is 0 Å². The lowest BCUT2D eigenvalue weighted by molar-refractivity contribution is -0.608. The lowest BCUT2D eigenvalue weighted by Gasteiger charge is -2.11. The molecular formula is C16H15N3O7. The summed E-state index contributed by atoms with van der Waals surface area (Å²) in [6.45, 7) is 0.935. The SMILES string of the molecule is COc1cc(NC(=O)COC(=O)c2cccc[n+]2[O-])c(C)cc1[N+](=O)[O-]. The van der Waals surface area contributed by atoms with Crippen molar-refractivity contribution in [3.8, 4) is 5.75 Å². The van der Waals surface area contributed by atoms with Crippen molar-refractivity contribution in [1.82, 2.24) is 0 Å². The third-order valence-electron chi connectivity index (χ3n) is 3.36. The van der Waals surface area contributed by atoms with Gasteiger partial charge < -0.3 is 20.0 Å². The van der Waals surface area contributed by atoms with E-state index in [0.717, 1.165) is 6.20 Å². The molecule has 0 radical (unpaired) electrons. The quantitative estimate of drug-likeness (QED) is 0.270. The van der Waals surface area contributed by atoms with E-state index in [9.17, 15) is 24.9 Å². The van der Waals surface area contributed by atoms with E-state index in [1.807, 2.05) is 0 Å². The molecule has 0 saturated heterocycles. The molecule has 136 valence electrons. The lowest BCUT2D eigenvalue weighted by atomic mass is 10.1. The zero-order valence-electron chi connectivity index (χ0n) is 13.9. The van der Waals surface area contributed by atoms with Gasteiger partial charge in [-0.1, -0.05) is 0 Å². The van der Waals surface area contributed by atoms with Gasteiger partial charge in [-0.2, -0.15) is 4.73 Å². The Morgan fingerprint density at radius 1 is 1.31 bits per heavy atom. The molecule has 2 rings (SSSR count). The Kier molecular flexibility index (Phi) is 5.68. The number of rotatable bonds is 6. The average Bonchev–Trinajstić information content (AvgIpc) is 2.61. The molecule has 0 bridgehead atoms. The number of amides is 1. The van der Waals surface area contributed by atoms with Crippen molar-refractivity contribution in [2.75, 3.05) is 19.0 Å². The Morgan fingerprint density at radius 3 is 2.65 bits per heavy atom. The Bertz CT molecular complexity index is 867. The minimum atomic E-state index is -0.950. The van der Waals surface area contributed by atoms with Crippen LogP contribution in [0.25, 0.3) is 0 Å². The molecule has 0 saturated carbocycles. The number of carbonyl (C=O) groups is 2. The van der Waals surface area contributed by atoms with Gasteiger partial charge in [-0.3, -0.25) is 14.9 Å². The molecule has 2 aromatic rings. The highest BCUT2D eigenvalue weighted by molar-refractivity contribution is 5.95. The third kappa shape index (κ3) is 4.23. The summed E-state index contributed by atoms with van der Waals surface area (Å²) in [5, 5.41) is 24.9. The molecule has 1 aromatic heterocycles. The summed E-state index contributed by atoms with van der Waals surface area (Å²) in [6.07, 6.45) is 1.13. The van der Waals surface area contributed by atoms with Crippen LogP contribution in [0.1, 0.15) is 16.1 Å². The van der Waals surface area contributed by atoms with E-state index in [1.165, 1.54) is 37.4 Å². The summed E-state index contributed by atoms with van der Waals surface area (Å²) in [7, 11) is 1.27.